The highest BCUT2D eigenvalue weighted by molar-refractivity contribution is 7.91. The quantitative estimate of drug-likeness (QED) is 0.419. The standard InChI is InChI=1S/C34H40N2O6S/c1-29(2)31(5)15-17-33(29,19-25(31)37)27(39)35-21-7-11-23(12-8-21)43(41,42)24-13-9-22(10-14-24)36-28(40)34-18-16-32(6,26(38)20-34)30(34,3)4/h7-14H,15-20H2,1-6H3,(H,35,39)(H,36,40). The van der Waals surface area contributed by atoms with Gasteiger partial charge in [-0.1, -0.05) is 41.5 Å². The molecule has 4 aliphatic rings. The van der Waals surface area contributed by atoms with Gasteiger partial charge in [0.2, 0.25) is 21.7 Å². The van der Waals surface area contributed by atoms with E-state index in [0.717, 1.165) is 0 Å². The van der Waals surface area contributed by atoms with Gasteiger partial charge in [0.05, 0.1) is 20.6 Å². The van der Waals surface area contributed by atoms with Gasteiger partial charge in [0.1, 0.15) is 11.6 Å². The molecular weight excluding hydrogens is 564 g/mol. The van der Waals surface area contributed by atoms with Crippen molar-refractivity contribution >= 4 is 44.6 Å². The van der Waals surface area contributed by atoms with E-state index in [9.17, 15) is 27.6 Å². The first-order valence-corrected chi connectivity index (χ1v) is 16.5. The van der Waals surface area contributed by atoms with Crippen LogP contribution in [0.4, 0.5) is 11.4 Å². The average Bonchev–Trinajstić information content (AvgIpc) is 3.42. The average molecular weight is 605 g/mol. The Labute approximate surface area is 253 Å². The molecule has 0 saturated heterocycles. The molecular formula is C34H40N2O6S. The Balaban J connectivity index is 1.15. The number of amides is 2. The monoisotopic (exact) mass is 604 g/mol. The molecule has 4 unspecified atom stereocenters. The number of ketones is 2. The molecule has 2 amide bonds. The molecule has 8 nitrogen and oxygen atoms in total. The fourth-order valence-electron chi connectivity index (χ4n) is 8.79. The van der Waals surface area contributed by atoms with Crippen LogP contribution in [0, 0.1) is 32.5 Å². The van der Waals surface area contributed by atoms with Crippen molar-refractivity contribution in [1.82, 2.24) is 0 Å². The second-order valence-corrected chi connectivity index (χ2v) is 16.7. The molecule has 4 atom stereocenters. The van der Waals surface area contributed by atoms with Crippen LogP contribution >= 0.6 is 0 Å². The summed E-state index contributed by atoms with van der Waals surface area (Å²) in [6.45, 7) is 11.9. The lowest BCUT2D eigenvalue weighted by Gasteiger charge is -2.38. The van der Waals surface area contributed by atoms with Crippen molar-refractivity contribution in [2.24, 2.45) is 32.5 Å². The van der Waals surface area contributed by atoms with Crippen LogP contribution in [0.25, 0.3) is 0 Å². The maximum absolute atomic E-state index is 13.5. The number of anilines is 2. The first kappa shape index (κ1) is 29.7. The molecule has 4 bridgehead atoms. The maximum Gasteiger partial charge on any atom is 0.231 e. The number of rotatable bonds is 6. The van der Waals surface area contributed by atoms with E-state index in [-0.39, 0.29) is 46.0 Å². The lowest BCUT2D eigenvalue weighted by Crippen LogP contribution is -2.43. The van der Waals surface area contributed by atoms with Crippen LogP contribution in [0.5, 0.6) is 0 Å². The number of fused-ring (bicyclic) bond motifs is 4. The van der Waals surface area contributed by atoms with Gasteiger partial charge in [0.25, 0.3) is 0 Å². The van der Waals surface area contributed by atoms with Crippen LogP contribution < -0.4 is 10.6 Å². The molecule has 0 aliphatic heterocycles. The molecule has 228 valence electrons. The molecule has 2 N–H and O–H groups in total. The zero-order valence-electron chi connectivity index (χ0n) is 25.7. The van der Waals surface area contributed by atoms with Crippen LogP contribution in [0.2, 0.25) is 0 Å². The first-order chi connectivity index (χ1) is 19.9. The van der Waals surface area contributed by atoms with Gasteiger partial charge in [0, 0.05) is 35.0 Å². The molecule has 4 aliphatic carbocycles. The molecule has 4 saturated carbocycles. The van der Waals surface area contributed by atoms with Gasteiger partial charge < -0.3 is 10.6 Å². The fraction of sp³-hybridized carbons (Fsp3) is 0.529. The third kappa shape index (κ3) is 3.57. The van der Waals surface area contributed by atoms with E-state index in [0.29, 0.717) is 37.1 Å². The van der Waals surface area contributed by atoms with E-state index < -0.39 is 42.3 Å². The van der Waals surface area contributed by atoms with Crippen molar-refractivity contribution in [1.29, 1.82) is 0 Å². The summed E-state index contributed by atoms with van der Waals surface area (Å²) in [5.41, 5.74) is -2.58. The maximum atomic E-state index is 13.5. The van der Waals surface area contributed by atoms with Gasteiger partial charge in [-0.3, -0.25) is 19.2 Å². The van der Waals surface area contributed by atoms with Crippen molar-refractivity contribution < 1.29 is 27.6 Å². The highest BCUT2D eigenvalue weighted by Gasteiger charge is 2.73. The van der Waals surface area contributed by atoms with E-state index in [1.54, 1.807) is 24.3 Å². The van der Waals surface area contributed by atoms with Crippen LogP contribution in [0.1, 0.15) is 80.1 Å². The Morgan fingerprint density at radius 3 is 1.16 bits per heavy atom. The molecule has 4 fully saturated rings. The summed E-state index contributed by atoms with van der Waals surface area (Å²) < 4.78 is 26.8. The summed E-state index contributed by atoms with van der Waals surface area (Å²) in [6.07, 6.45) is 3.11. The van der Waals surface area contributed by atoms with Gasteiger partial charge in [-0.15, -0.1) is 0 Å². The summed E-state index contributed by atoms with van der Waals surface area (Å²) in [4.78, 5) is 52.6. The van der Waals surface area contributed by atoms with E-state index in [2.05, 4.69) is 10.6 Å². The summed E-state index contributed by atoms with van der Waals surface area (Å²) >= 11 is 0. The number of carbonyl (C=O) groups is 4. The van der Waals surface area contributed by atoms with Crippen molar-refractivity contribution in [2.45, 2.75) is 89.9 Å². The Morgan fingerprint density at radius 2 is 0.907 bits per heavy atom. The van der Waals surface area contributed by atoms with Crippen LogP contribution in [-0.2, 0) is 29.0 Å². The summed E-state index contributed by atoms with van der Waals surface area (Å²) in [5, 5.41) is 5.87. The van der Waals surface area contributed by atoms with Gasteiger partial charge in [-0.2, -0.15) is 0 Å². The van der Waals surface area contributed by atoms with Crippen molar-refractivity contribution in [3.8, 4) is 0 Å². The smallest absolute Gasteiger partial charge is 0.231 e. The molecule has 0 heterocycles. The summed E-state index contributed by atoms with van der Waals surface area (Å²) in [7, 11) is -3.86. The van der Waals surface area contributed by atoms with Crippen LogP contribution in [0.15, 0.2) is 58.3 Å². The van der Waals surface area contributed by atoms with Crippen molar-refractivity contribution in [3.05, 3.63) is 48.5 Å². The zero-order valence-corrected chi connectivity index (χ0v) is 26.5. The largest absolute Gasteiger partial charge is 0.326 e. The van der Waals surface area contributed by atoms with E-state index in [4.69, 9.17) is 0 Å². The molecule has 0 spiro atoms. The van der Waals surface area contributed by atoms with Gasteiger partial charge in [-0.05, 0) is 85.0 Å². The lowest BCUT2D eigenvalue weighted by atomic mass is 9.64. The number of sulfone groups is 1. The Kier molecular flexibility index (Phi) is 6.13. The van der Waals surface area contributed by atoms with Gasteiger partial charge >= 0.3 is 0 Å². The highest BCUT2D eigenvalue weighted by Crippen LogP contribution is 2.71. The zero-order chi connectivity index (χ0) is 31.4. The van der Waals surface area contributed by atoms with E-state index >= 15 is 0 Å². The molecule has 2 aromatic rings. The van der Waals surface area contributed by atoms with Crippen LogP contribution in [-0.4, -0.2) is 31.8 Å². The fourth-order valence-corrected chi connectivity index (χ4v) is 10.1. The second kappa shape index (κ2) is 8.87. The minimum Gasteiger partial charge on any atom is -0.326 e. The van der Waals surface area contributed by atoms with Gasteiger partial charge in [0.15, 0.2) is 0 Å². The third-order valence-corrected chi connectivity index (χ3v) is 14.9. The number of hydrogen-bond donors (Lipinski definition) is 2. The molecule has 0 aromatic heterocycles. The van der Waals surface area contributed by atoms with Crippen LogP contribution in [0.3, 0.4) is 0 Å². The molecule has 43 heavy (non-hydrogen) atoms. The van der Waals surface area contributed by atoms with E-state index in [1.807, 2.05) is 41.5 Å². The second-order valence-electron chi connectivity index (χ2n) is 14.7. The molecule has 2 aromatic carbocycles. The Bertz CT molecular complexity index is 1570. The predicted octanol–water partition coefficient (Wildman–Crippen LogP) is 5.97. The normalized spacial score (nSPS) is 33.5. The molecule has 9 heteroatoms. The number of Topliss-reactive ketones (excluding diaryl/α,β-unsaturated/α-hetero) is 2. The number of benzene rings is 2. The van der Waals surface area contributed by atoms with Crippen molar-refractivity contribution in [3.63, 3.8) is 0 Å². The molecule has 0 radical (unpaired) electrons. The minimum absolute atomic E-state index is 0.0700. The third-order valence-electron chi connectivity index (χ3n) is 13.1. The summed E-state index contributed by atoms with van der Waals surface area (Å²) in [5.74, 6) is -0.144. The number of nitrogens with one attached hydrogen (secondary N) is 2. The topological polar surface area (TPSA) is 126 Å². The summed E-state index contributed by atoms with van der Waals surface area (Å²) in [6, 6.07) is 12.1. The number of hydrogen-bond acceptors (Lipinski definition) is 6. The van der Waals surface area contributed by atoms with E-state index in [1.165, 1.54) is 24.3 Å². The predicted molar refractivity (Wildman–Crippen MR) is 162 cm³/mol. The first-order valence-electron chi connectivity index (χ1n) is 15.0. The Hall–Kier alpha value is -3.33. The minimum atomic E-state index is -3.86. The van der Waals surface area contributed by atoms with Gasteiger partial charge in [-0.25, -0.2) is 8.42 Å². The number of carbonyl (C=O) groups excluding carboxylic acids is 4. The molecule has 6 rings (SSSR count). The Morgan fingerprint density at radius 1 is 0.581 bits per heavy atom. The van der Waals surface area contributed by atoms with Crippen molar-refractivity contribution in [2.75, 3.05) is 10.6 Å². The highest BCUT2D eigenvalue weighted by atomic mass is 32.2. The lowest BCUT2D eigenvalue weighted by molar-refractivity contribution is -0.131. The SMILES string of the molecule is CC12CCC(C(=O)Nc3ccc(S(=O)(=O)c4ccc(NC(=O)C56CCC(C)(C(=O)C5)C6(C)C)cc4)cc3)(CC1=O)C2(C)C.